The molecule has 0 atom stereocenters. The summed E-state index contributed by atoms with van der Waals surface area (Å²) in [5.74, 6) is -1.91. The number of benzene rings is 1. The van der Waals surface area contributed by atoms with E-state index in [-0.39, 0.29) is 11.3 Å². The lowest BCUT2D eigenvalue weighted by molar-refractivity contribution is 0.0698. The summed E-state index contributed by atoms with van der Waals surface area (Å²) in [5, 5.41) is 13.8. The average Bonchev–Trinajstić information content (AvgIpc) is 2.41. The highest BCUT2D eigenvalue weighted by atomic mass is 19.1. The van der Waals surface area contributed by atoms with E-state index in [9.17, 15) is 14.0 Å². The van der Waals surface area contributed by atoms with Crippen LogP contribution in [0.1, 0.15) is 16.1 Å². The van der Waals surface area contributed by atoms with Gasteiger partial charge in [0.05, 0.1) is 22.6 Å². The molecule has 0 fully saturated rings. The van der Waals surface area contributed by atoms with Crippen molar-refractivity contribution in [1.29, 1.82) is 0 Å². The largest absolute Gasteiger partial charge is 0.478 e. The van der Waals surface area contributed by atoms with Crippen LogP contribution in [0.3, 0.4) is 0 Å². The van der Waals surface area contributed by atoms with Gasteiger partial charge in [0.15, 0.2) is 0 Å². The van der Waals surface area contributed by atoms with Gasteiger partial charge < -0.3 is 15.7 Å². The number of urea groups is 1. The highest BCUT2D eigenvalue weighted by Gasteiger charge is 2.14. The zero-order valence-corrected chi connectivity index (χ0v) is 11.1. The number of carbonyl (C=O) groups is 2. The lowest BCUT2D eigenvalue weighted by Gasteiger charge is -2.11. The molecule has 21 heavy (non-hydrogen) atoms. The van der Waals surface area contributed by atoms with Crippen LogP contribution in [0.5, 0.6) is 0 Å². The molecule has 2 aromatic rings. The summed E-state index contributed by atoms with van der Waals surface area (Å²) in [7, 11) is 0. The standard InChI is InChI=1S/C14H12FN3O3/c1-8-11(3-2-6-16-8)17-14(21)18-12-7-9(15)4-5-10(12)13(19)20/h2-7H,1H3,(H,19,20)(H2,17,18,21). The molecule has 0 radical (unpaired) electrons. The number of aryl methyl sites for hydroxylation is 1. The Bertz CT molecular complexity index is 704. The number of anilines is 2. The molecule has 0 saturated heterocycles. The predicted octanol–water partition coefficient (Wildman–Crippen LogP) is 2.87. The van der Waals surface area contributed by atoms with Crippen LogP contribution in [-0.4, -0.2) is 22.1 Å². The molecular formula is C14H12FN3O3. The number of hydrogen-bond donors (Lipinski definition) is 3. The van der Waals surface area contributed by atoms with Gasteiger partial charge in [0.25, 0.3) is 0 Å². The number of aromatic carboxylic acids is 1. The van der Waals surface area contributed by atoms with Gasteiger partial charge in [-0.1, -0.05) is 0 Å². The molecule has 7 heteroatoms. The number of carboxylic acids is 1. The molecule has 1 aromatic carbocycles. The number of carboxylic acid groups (broad SMARTS) is 1. The fraction of sp³-hybridized carbons (Fsp3) is 0.0714. The first-order valence-electron chi connectivity index (χ1n) is 6.00. The normalized spacial score (nSPS) is 10.0. The summed E-state index contributed by atoms with van der Waals surface area (Å²) >= 11 is 0. The van der Waals surface area contributed by atoms with Gasteiger partial charge in [-0.3, -0.25) is 4.98 Å². The first-order chi connectivity index (χ1) is 9.97. The predicted molar refractivity (Wildman–Crippen MR) is 75.0 cm³/mol. The molecule has 1 heterocycles. The van der Waals surface area contributed by atoms with Crippen LogP contribution in [-0.2, 0) is 0 Å². The second kappa shape index (κ2) is 6.00. The van der Waals surface area contributed by atoms with Gasteiger partial charge in [-0.2, -0.15) is 0 Å². The number of nitrogens with one attached hydrogen (secondary N) is 2. The molecular weight excluding hydrogens is 277 g/mol. The Balaban J connectivity index is 2.18. The molecule has 0 aliphatic carbocycles. The summed E-state index contributed by atoms with van der Waals surface area (Å²) < 4.78 is 13.2. The van der Waals surface area contributed by atoms with Crippen molar-refractivity contribution in [3.05, 3.63) is 53.6 Å². The van der Waals surface area contributed by atoms with Crippen LogP contribution in [0.4, 0.5) is 20.6 Å². The molecule has 0 aliphatic rings. The van der Waals surface area contributed by atoms with Crippen molar-refractivity contribution in [2.24, 2.45) is 0 Å². The van der Waals surface area contributed by atoms with Crippen molar-refractivity contribution >= 4 is 23.4 Å². The van der Waals surface area contributed by atoms with E-state index < -0.39 is 17.8 Å². The van der Waals surface area contributed by atoms with E-state index in [0.29, 0.717) is 11.4 Å². The number of aromatic nitrogens is 1. The van der Waals surface area contributed by atoms with E-state index >= 15 is 0 Å². The maximum absolute atomic E-state index is 13.2. The SMILES string of the molecule is Cc1ncccc1NC(=O)Nc1cc(F)ccc1C(=O)O. The van der Waals surface area contributed by atoms with E-state index in [1.165, 1.54) is 0 Å². The molecule has 3 N–H and O–H groups in total. The lowest BCUT2D eigenvalue weighted by atomic mass is 10.2. The van der Waals surface area contributed by atoms with Crippen LogP contribution in [0.2, 0.25) is 0 Å². The van der Waals surface area contributed by atoms with E-state index in [1.807, 2.05) is 0 Å². The lowest BCUT2D eigenvalue weighted by Crippen LogP contribution is -2.21. The zero-order valence-electron chi connectivity index (χ0n) is 11.1. The Kier molecular flexibility index (Phi) is 4.13. The monoisotopic (exact) mass is 289 g/mol. The first-order valence-corrected chi connectivity index (χ1v) is 6.00. The van der Waals surface area contributed by atoms with E-state index in [2.05, 4.69) is 15.6 Å². The van der Waals surface area contributed by atoms with Gasteiger partial charge in [-0.25, -0.2) is 14.0 Å². The molecule has 0 unspecified atom stereocenters. The number of rotatable bonds is 3. The Morgan fingerprint density at radius 3 is 2.57 bits per heavy atom. The fourth-order valence-corrected chi connectivity index (χ4v) is 1.70. The molecule has 0 saturated carbocycles. The van der Waals surface area contributed by atoms with Gasteiger partial charge in [0.1, 0.15) is 5.82 Å². The van der Waals surface area contributed by atoms with Gasteiger partial charge in [-0.05, 0) is 37.3 Å². The van der Waals surface area contributed by atoms with Crippen molar-refractivity contribution < 1.29 is 19.1 Å². The first kappa shape index (κ1) is 14.4. The highest BCUT2D eigenvalue weighted by Crippen LogP contribution is 2.18. The third-order valence-corrected chi connectivity index (χ3v) is 2.72. The van der Waals surface area contributed by atoms with Gasteiger partial charge in [0.2, 0.25) is 0 Å². The summed E-state index contributed by atoms with van der Waals surface area (Å²) in [5.41, 5.74) is 0.754. The molecule has 0 aliphatic heterocycles. The Morgan fingerprint density at radius 2 is 1.90 bits per heavy atom. The topological polar surface area (TPSA) is 91.3 Å². The summed E-state index contributed by atoms with van der Waals surface area (Å²) in [4.78, 5) is 26.9. The molecule has 0 bridgehead atoms. The number of hydrogen-bond acceptors (Lipinski definition) is 3. The molecule has 0 spiro atoms. The minimum Gasteiger partial charge on any atom is -0.478 e. The van der Waals surface area contributed by atoms with Crippen LogP contribution in [0, 0.1) is 12.7 Å². The number of nitrogens with zero attached hydrogens (tertiary/aromatic N) is 1. The van der Waals surface area contributed by atoms with E-state index in [1.54, 1.807) is 25.3 Å². The quantitative estimate of drug-likeness (QED) is 0.810. The maximum atomic E-state index is 13.2. The number of halogens is 1. The third kappa shape index (κ3) is 3.53. The van der Waals surface area contributed by atoms with Crippen molar-refractivity contribution in [3.63, 3.8) is 0 Å². The Hall–Kier alpha value is -2.96. The number of amides is 2. The summed E-state index contributed by atoms with van der Waals surface area (Å²) in [6, 6.07) is 5.65. The van der Waals surface area contributed by atoms with Crippen LogP contribution >= 0.6 is 0 Å². The van der Waals surface area contributed by atoms with Crippen molar-refractivity contribution in [3.8, 4) is 0 Å². The van der Waals surface area contributed by atoms with Crippen LogP contribution in [0.25, 0.3) is 0 Å². The maximum Gasteiger partial charge on any atom is 0.337 e. The highest BCUT2D eigenvalue weighted by molar-refractivity contribution is 6.04. The smallest absolute Gasteiger partial charge is 0.337 e. The minimum atomic E-state index is -1.26. The summed E-state index contributed by atoms with van der Waals surface area (Å²) in [6.07, 6.45) is 1.58. The molecule has 108 valence electrons. The minimum absolute atomic E-state index is 0.124. The fourth-order valence-electron chi connectivity index (χ4n) is 1.70. The van der Waals surface area contributed by atoms with Crippen LogP contribution < -0.4 is 10.6 Å². The van der Waals surface area contributed by atoms with Crippen molar-refractivity contribution in [2.75, 3.05) is 10.6 Å². The number of pyridine rings is 1. The zero-order chi connectivity index (χ0) is 15.4. The molecule has 2 amide bonds. The van der Waals surface area contributed by atoms with E-state index in [0.717, 1.165) is 18.2 Å². The second-order valence-electron chi connectivity index (χ2n) is 4.21. The second-order valence-corrected chi connectivity index (χ2v) is 4.21. The average molecular weight is 289 g/mol. The third-order valence-electron chi connectivity index (χ3n) is 2.72. The Labute approximate surface area is 119 Å². The Morgan fingerprint density at radius 1 is 1.19 bits per heavy atom. The van der Waals surface area contributed by atoms with Gasteiger partial charge in [-0.15, -0.1) is 0 Å². The van der Waals surface area contributed by atoms with Gasteiger partial charge in [0, 0.05) is 6.20 Å². The summed E-state index contributed by atoms with van der Waals surface area (Å²) in [6.45, 7) is 1.71. The van der Waals surface area contributed by atoms with E-state index in [4.69, 9.17) is 5.11 Å². The number of carbonyl (C=O) groups excluding carboxylic acids is 1. The van der Waals surface area contributed by atoms with Crippen LogP contribution in [0.15, 0.2) is 36.5 Å². The molecule has 2 rings (SSSR count). The van der Waals surface area contributed by atoms with Crippen molar-refractivity contribution in [2.45, 2.75) is 6.92 Å². The molecule has 1 aromatic heterocycles. The molecule has 6 nitrogen and oxygen atoms in total. The van der Waals surface area contributed by atoms with Gasteiger partial charge >= 0.3 is 12.0 Å². The van der Waals surface area contributed by atoms with Crippen molar-refractivity contribution in [1.82, 2.24) is 4.98 Å².